The van der Waals surface area contributed by atoms with Crippen LogP contribution in [-0.4, -0.2) is 29.7 Å². The van der Waals surface area contributed by atoms with Crippen molar-refractivity contribution in [3.8, 4) is 6.07 Å². The van der Waals surface area contributed by atoms with E-state index in [0.29, 0.717) is 24.3 Å². The standard InChI is InChI=1S/C14H17N3O2/c1-17(7-3-6-13(18)19)14-11(9-15)8-10-4-2-5-12(10)16-14/h8H,2-7H2,1H3,(H,18,19). The molecular weight excluding hydrogens is 242 g/mol. The van der Waals surface area contributed by atoms with E-state index in [4.69, 9.17) is 5.11 Å². The molecule has 5 nitrogen and oxygen atoms in total. The predicted molar refractivity (Wildman–Crippen MR) is 71.1 cm³/mol. The Kier molecular flexibility index (Phi) is 4.00. The van der Waals surface area contributed by atoms with Crippen LogP contribution in [0.5, 0.6) is 0 Å². The van der Waals surface area contributed by atoms with Gasteiger partial charge in [0.1, 0.15) is 11.9 Å². The van der Waals surface area contributed by atoms with Crippen LogP contribution >= 0.6 is 0 Å². The average molecular weight is 259 g/mol. The number of aliphatic carboxylic acids is 1. The van der Waals surface area contributed by atoms with Gasteiger partial charge in [0, 0.05) is 25.7 Å². The lowest BCUT2D eigenvalue weighted by atomic mass is 10.1. The van der Waals surface area contributed by atoms with Crippen molar-refractivity contribution in [3.05, 3.63) is 22.9 Å². The summed E-state index contributed by atoms with van der Waals surface area (Å²) < 4.78 is 0. The monoisotopic (exact) mass is 259 g/mol. The number of fused-ring (bicyclic) bond motifs is 1. The molecule has 0 unspecified atom stereocenters. The Morgan fingerprint density at radius 2 is 2.37 bits per heavy atom. The molecule has 0 amide bonds. The molecule has 100 valence electrons. The van der Waals surface area contributed by atoms with Crippen LogP contribution in [0.2, 0.25) is 0 Å². The predicted octanol–water partition coefficient (Wildman–Crippen LogP) is 1.74. The Bertz CT molecular complexity index is 534. The van der Waals surface area contributed by atoms with Gasteiger partial charge >= 0.3 is 5.97 Å². The van der Waals surface area contributed by atoms with Crippen LogP contribution in [0.3, 0.4) is 0 Å². The van der Waals surface area contributed by atoms with Gasteiger partial charge in [-0.2, -0.15) is 5.26 Å². The van der Waals surface area contributed by atoms with E-state index in [1.54, 1.807) is 0 Å². The van der Waals surface area contributed by atoms with Crippen molar-refractivity contribution in [3.63, 3.8) is 0 Å². The van der Waals surface area contributed by atoms with Crippen molar-refractivity contribution in [1.29, 1.82) is 5.26 Å². The zero-order valence-electron chi connectivity index (χ0n) is 11.0. The Morgan fingerprint density at radius 1 is 1.58 bits per heavy atom. The molecule has 19 heavy (non-hydrogen) atoms. The van der Waals surface area contributed by atoms with Crippen molar-refractivity contribution in [1.82, 2.24) is 4.98 Å². The number of aromatic nitrogens is 1. The number of nitriles is 1. The van der Waals surface area contributed by atoms with Gasteiger partial charge in [0.2, 0.25) is 0 Å². The summed E-state index contributed by atoms with van der Waals surface area (Å²) >= 11 is 0. The fraction of sp³-hybridized carbons (Fsp3) is 0.500. The third kappa shape index (κ3) is 3.02. The molecule has 0 saturated carbocycles. The van der Waals surface area contributed by atoms with Crippen LogP contribution in [0, 0.1) is 11.3 Å². The fourth-order valence-electron chi connectivity index (χ4n) is 2.41. The molecule has 1 aromatic heterocycles. The zero-order chi connectivity index (χ0) is 13.8. The number of rotatable bonds is 5. The van der Waals surface area contributed by atoms with Gasteiger partial charge in [-0.25, -0.2) is 4.98 Å². The van der Waals surface area contributed by atoms with E-state index in [2.05, 4.69) is 11.1 Å². The number of pyridine rings is 1. The van der Waals surface area contributed by atoms with Gasteiger partial charge in [-0.05, 0) is 37.3 Å². The van der Waals surface area contributed by atoms with E-state index in [-0.39, 0.29) is 6.42 Å². The van der Waals surface area contributed by atoms with E-state index in [1.807, 2.05) is 18.0 Å². The number of nitrogens with zero attached hydrogens (tertiary/aromatic N) is 3. The van der Waals surface area contributed by atoms with Crippen molar-refractivity contribution in [2.45, 2.75) is 32.1 Å². The molecule has 0 bridgehead atoms. The molecule has 0 radical (unpaired) electrons. The Hall–Kier alpha value is -2.09. The molecule has 0 fully saturated rings. The van der Waals surface area contributed by atoms with Gasteiger partial charge < -0.3 is 10.0 Å². The molecule has 0 spiro atoms. The summed E-state index contributed by atoms with van der Waals surface area (Å²) in [5, 5.41) is 17.8. The first-order valence-corrected chi connectivity index (χ1v) is 6.47. The van der Waals surface area contributed by atoms with Crippen molar-refractivity contribution in [2.24, 2.45) is 0 Å². The summed E-state index contributed by atoms with van der Waals surface area (Å²) in [6, 6.07) is 4.11. The van der Waals surface area contributed by atoms with Gasteiger partial charge in [0.25, 0.3) is 0 Å². The first kappa shape index (κ1) is 13.3. The lowest BCUT2D eigenvalue weighted by molar-refractivity contribution is -0.137. The molecular formula is C14H17N3O2. The number of carboxylic acid groups (broad SMARTS) is 1. The molecule has 2 rings (SSSR count). The largest absolute Gasteiger partial charge is 0.481 e. The van der Waals surface area contributed by atoms with Crippen LogP contribution < -0.4 is 4.90 Å². The number of anilines is 1. The molecule has 1 N–H and O–H groups in total. The van der Waals surface area contributed by atoms with Gasteiger partial charge in [0.15, 0.2) is 0 Å². The highest BCUT2D eigenvalue weighted by Crippen LogP contribution is 2.26. The number of hydrogen-bond acceptors (Lipinski definition) is 4. The SMILES string of the molecule is CN(CCCC(=O)O)c1nc2c(cc1C#N)CCC2. The molecule has 0 saturated heterocycles. The Balaban J connectivity index is 2.14. The number of carboxylic acids is 1. The zero-order valence-corrected chi connectivity index (χ0v) is 11.0. The van der Waals surface area contributed by atoms with E-state index >= 15 is 0 Å². The summed E-state index contributed by atoms with van der Waals surface area (Å²) in [6.07, 6.45) is 3.75. The summed E-state index contributed by atoms with van der Waals surface area (Å²) in [4.78, 5) is 17.0. The summed E-state index contributed by atoms with van der Waals surface area (Å²) in [5.74, 6) is -0.121. The summed E-state index contributed by atoms with van der Waals surface area (Å²) in [6.45, 7) is 0.590. The van der Waals surface area contributed by atoms with E-state index in [1.165, 1.54) is 5.56 Å². The van der Waals surface area contributed by atoms with Gasteiger partial charge in [-0.3, -0.25) is 4.79 Å². The van der Waals surface area contributed by atoms with Gasteiger partial charge in [-0.15, -0.1) is 0 Å². The quantitative estimate of drug-likeness (QED) is 0.871. The second-order valence-corrected chi connectivity index (χ2v) is 4.85. The smallest absolute Gasteiger partial charge is 0.303 e. The highest BCUT2D eigenvalue weighted by molar-refractivity contribution is 5.66. The Morgan fingerprint density at radius 3 is 3.05 bits per heavy atom. The molecule has 0 atom stereocenters. The third-order valence-electron chi connectivity index (χ3n) is 3.40. The first-order valence-electron chi connectivity index (χ1n) is 6.47. The maximum Gasteiger partial charge on any atom is 0.303 e. The topological polar surface area (TPSA) is 77.2 Å². The minimum Gasteiger partial charge on any atom is -0.481 e. The lowest BCUT2D eigenvalue weighted by Gasteiger charge is -2.19. The maximum absolute atomic E-state index is 10.5. The second kappa shape index (κ2) is 5.70. The fourth-order valence-corrected chi connectivity index (χ4v) is 2.41. The molecule has 5 heteroatoms. The number of hydrogen-bond donors (Lipinski definition) is 1. The molecule has 0 aromatic carbocycles. The van der Waals surface area contributed by atoms with Crippen molar-refractivity contribution < 1.29 is 9.90 Å². The maximum atomic E-state index is 10.5. The van der Waals surface area contributed by atoms with Crippen LogP contribution in [0.1, 0.15) is 36.1 Å². The number of aryl methyl sites for hydroxylation is 2. The summed E-state index contributed by atoms with van der Waals surface area (Å²) in [5.41, 5.74) is 2.84. The van der Waals surface area contributed by atoms with E-state index < -0.39 is 5.97 Å². The van der Waals surface area contributed by atoms with E-state index in [9.17, 15) is 10.1 Å². The molecule has 1 aliphatic rings. The van der Waals surface area contributed by atoms with Crippen LogP contribution in [0.15, 0.2) is 6.07 Å². The first-order chi connectivity index (χ1) is 9.11. The third-order valence-corrected chi connectivity index (χ3v) is 3.40. The van der Waals surface area contributed by atoms with Crippen LogP contribution in [-0.2, 0) is 17.6 Å². The summed E-state index contributed by atoms with van der Waals surface area (Å²) in [7, 11) is 1.85. The highest BCUT2D eigenvalue weighted by Gasteiger charge is 2.18. The van der Waals surface area contributed by atoms with Crippen LogP contribution in [0.25, 0.3) is 0 Å². The van der Waals surface area contributed by atoms with Gasteiger partial charge in [-0.1, -0.05) is 0 Å². The minimum atomic E-state index is -0.796. The average Bonchev–Trinajstić information content (AvgIpc) is 2.83. The normalized spacial score (nSPS) is 12.8. The van der Waals surface area contributed by atoms with Gasteiger partial charge in [0.05, 0.1) is 5.56 Å². The lowest BCUT2D eigenvalue weighted by Crippen LogP contribution is -2.22. The molecule has 1 heterocycles. The molecule has 1 aliphatic carbocycles. The van der Waals surface area contributed by atoms with E-state index in [0.717, 1.165) is 25.0 Å². The second-order valence-electron chi connectivity index (χ2n) is 4.85. The Labute approximate surface area is 112 Å². The van der Waals surface area contributed by atoms with Crippen molar-refractivity contribution >= 4 is 11.8 Å². The minimum absolute atomic E-state index is 0.136. The molecule has 0 aliphatic heterocycles. The van der Waals surface area contributed by atoms with Crippen molar-refractivity contribution in [2.75, 3.05) is 18.5 Å². The number of carbonyl (C=O) groups is 1. The highest BCUT2D eigenvalue weighted by atomic mass is 16.4. The van der Waals surface area contributed by atoms with Crippen LogP contribution in [0.4, 0.5) is 5.82 Å². The molecule has 1 aromatic rings.